The van der Waals surface area contributed by atoms with Crippen LogP contribution in [0.5, 0.6) is 0 Å². The van der Waals surface area contributed by atoms with E-state index in [0.29, 0.717) is 11.3 Å². The molecule has 1 atom stereocenters. The van der Waals surface area contributed by atoms with Gasteiger partial charge in [-0.05, 0) is 34.5 Å². The Hall–Kier alpha value is -1.72. The summed E-state index contributed by atoms with van der Waals surface area (Å²) in [5, 5.41) is 10.1. The fourth-order valence-corrected chi connectivity index (χ4v) is 2.32. The highest BCUT2D eigenvalue weighted by molar-refractivity contribution is 7.79. The van der Waals surface area contributed by atoms with Crippen LogP contribution in [0.15, 0.2) is 36.4 Å². The molecule has 0 spiro atoms. The zero-order chi connectivity index (χ0) is 16.9. The first-order chi connectivity index (χ1) is 10.1. The van der Waals surface area contributed by atoms with E-state index in [1.165, 1.54) is 0 Å². The Labute approximate surface area is 128 Å². The molecule has 0 aromatic heterocycles. The van der Waals surface area contributed by atoms with Gasteiger partial charge in [0.05, 0.1) is 6.61 Å². The Kier molecular flexibility index (Phi) is 6.26. The van der Waals surface area contributed by atoms with Crippen LogP contribution in [0.3, 0.4) is 0 Å². The molecule has 0 aliphatic rings. The molecule has 122 valence electrons. The van der Waals surface area contributed by atoms with Crippen molar-refractivity contribution in [3.63, 3.8) is 0 Å². The first-order valence-electron chi connectivity index (χ1n) is 5.85. The summed E-state index contributed by atoms with van der Waals surface area (Å²) >= 11 is 0. The lowest BCUT2D eigenvalue weighted by Gasteiger charge is -2.09. The quantitative estimate of drug-likeness (QED) is 0.303. The molecule has 0 fully saturated rings. The molecule has 2 rings (SSSR count). The Morgan fingerprint density at radius 3 is 2.05 bits per heavy atom. The number of hydrogen-bond acceptors (Lipinski definition) is 6. The molecular weight excluding hydrogens is 334 g/mol. The zero-order valence-electron chi connectivity index (χ0n) is 11.2. The normalized spacial score (nSPS) is 12.7. The Morgan fingerprint density at radius 2 is 1.55 bits per heavy atom. The largest absolute Gasteiger partial charge is 0.399 e. The van der Waals surface area contributed by atoms with Gasteiger partial charge < -0.3 is 10.8 Å². The van der Waals surface area contributed by atoms with Gasteiger partial charge in [-0.1, -0.05) is 18.2 Å². The fourth-order valence-electron chi connectivity index (χ4n) is 1.78. The van der Waals surface area contributed by atoms with Gasteiger partial charge in [-0.15, -0.1) is 0 Å². The summed E-state index contributed by atoms with van der Waals surface area (Å²) in [6, 6.07) is 10.7. The minimum atomic E-state index is -4.67. The van der Waals surface area contributed by atoms with Gasteiger partial charge in [0.15, 0.2) is 0 Å². The van der Waals surface area contributed by atoms with Crippen molar-refractivity contribution in [3.8, 4) is 0 Å². The number of benzene rings is 2. The van der Waals surface area contributed by atoms with Gasteiger partial charge in [-0.2, -0.15) is 8.42 Å². The van der Waals surface area contributed by atoms with E-state index in [1.54, 1.807) is 18.2 Å². The molecule has 0 heterocycles. The van der Waals surface area contributed by atoms with Crippen LogP contribution < -0.4 is 5.73 Å². The number of anilines is 1. The molecular formula is C12H15NO7S2. The van der Waals surface area contributed by atoms with Gasteiger partial charge in [0, 0.05) is 5.69 Å². The second-order valence-electron chi connectivity index (χ2n) is 4.30. The maximum absolute atomic E-state index is 11.0. The molecule has 22 heavy (non-hydrogen) atoms. The van der Waals surface area contributed by atoms with Gasteiger partial charge in [-0.3, -0.25) is 9.11 Å². The standard InChI is InChI=1S/C12H13NO3S.H2O4S/c13-11-4-3-8-5-10(2-1-9(8)6-11)12(7-14)17(15)16;1-5(2,3)4/h1-6,12,14,17H,7,13H2;(H2,1,2,3,4). The van der Waals surface area contributed by atoms with E-state index in [1.807, 2.05) is 18.2 Å². The number of nitrogen functional groups attached to an aromatic ring is 1. The van der Waals surface area contributed by atoms with Crippen molar-refractivity contribution in [3.05, 3.63) is 42.0 Å². The van der Waals surface area contributed by atoms with E-state index in [-0.39, 0.29) is 0 Å². The Morgan fingerprint density at radius 1 is 1.05 bits per heavy atom. The molecule has 0 radical (unpaired) electrons. The van der Waals surface area contributed by atoms with Crippen LogP contribution >= 0.6 is 0 Å². The average molecular weight is 349 g/mol. The third kappa shape index (κ3) is 5.95. The van der Waals surface area contributed by atoms with E-state index >= 15 is 0 Å². The van der Waals surface area contributed by atoms with E-state index in [0.717, 1.165) is 10.8 Å². The summed E-state index contributed by atoms with van der Waals surface area (Å²) in [7, 11) is -7.34. The second-order valence-corrected chi connectivity index (χ2v) is 6.39. The van der Waals surface area contributed by atoms with Gasteiger partial charge in [0.2, 0.25) is 0 Å². The van der Waals surface area contributed by atoms with Crippen molar-refractivity contribution in [2.24, 2.45) is 0 Å². The molecule has 0 saturated carbocycles. The van der Waals surface area contributed by atoms with Crippen molar-refractivity contribution in [1.82, 2.24) is 0 Å². The fraction of sp³-hybridized carbons (Fsp3) is 0.167. The van der Waals surface area contributed by atoms with Crippen molar-refractivity contribution >= 4 is 37.6 Å². The van der Waals surface area contributed by atoms with Crippen molar-refractivity contribution in [1.29, 1.82) is 0 Å². The maximum Gasteiger partial charge on any atom is 0.394 e. The summed E-state index contributed by atoms with van der Waals surface area (Å²) in [6.45, 7) is -0.404. The van der Waals surface area contributed by atoms with Gasteiger partial charge >= 0.3 is 10.4 Å². The third-order valence-electron chi connectivity index (χ3n) is 2.70. The number of rotatable bonds is 3. The van der Waals surface area contributed by atoms with Gasteiger partial charge in [0.25, 0.3) is 0 Å². The molecule has 2 aromatic carbocycles. The molecule has 10 heteroatoms. The van der Waals surface area contributed by atoms with Crippen LogP contribution in [0, 0.1) is 0 Å². The average Bonchev–Trinajstić information content (AvgIpc) is 2.37. The number of aliphatic hydroxyl groups is 1. The van der Waals surface area contributed by atoms with Crippen molar-refractivity contribution in [2.45, 2.75) is 5.25 Å². The second kappa shape index (κ2) is 7.51. The van der Waals surface area contributed by atoms with Crippen LogP contribution in [0.25, 0.3) is 10.8 Å². The van der Waals surface area contributed by atoms with E-state index in [2.05, 4.69) is 0 Å². The van der Waals surface area contributed by atoms with Crippen LogP contribution in [0.1, 0.15) is 10.8 Å². The van der Waals surface area contributed by atoms with Crippen LogP contribution in [-0.2, 0) is 21.1 Å². The number of aliphatic hydroxyl groups excluding tert-OH is 1. The summed E-state index contributed by atoms with van der Waals surface area (Å²) < 4.78 is 53.5. The van der Waals surface area contributed by atoms with Gasteiger partial charge in [0.1, 0.15) is 16.0 Å². The highest BCUT2D eigenvalue weighted by Gasteiger charge is 2.13. The molecule has 0 aliphatic heterocycles. The highest BCUT2D eigenvalue weighted by atomic mass is 32.3. The van der Waals surface area contributed by atoms with Crippen LogP contribution in [0.2, 0.25) is 0 Å². The lowest BCUT2D eigenvalue weighted by atomic mass is 10.0. The zero-order valence-corrected chi connectivity index (χ0v) is 12.9. The molecule has 8 nitrogen and oxygen atoms in total. The summed E-state index contributed by atoms with van der Waals surface area (Å²) in [5.41, 5.74) is 6.92. The van der Waals surface area contributed by atoms with E-state index in [9.17, 15) is 8.42 Å². The number of thiol groups is 1. The Bertz CT molecular complexity index is 814. The SMILES string of the molecule is Nc1ccc2cc(C(CO)[SH](=O)=O)ccc2c1.O=S(=O)(O)O. The maximum atomic E-state index is 11.0. The molecule has 0 amide bonds. The number of hydrogen-bond donors (Lipinski definition) is 5. The monoisotopic (exact) mass is 349 g/mol. The van der Waals surface area contributed by atoms with E-state index < -0.39 is 33.0 Å². The minimum Gasteiger partial charge on any atom is -0.399 e. The van der Waals surface area contributed by atoms with Crippen molar-refractivity contribution < 1.29 is 31.0 Å². The summed E-state index contributed by atoms with van der Waals surface area (Å²) in [5.74, 6) is 0. The molecule has 2 aromatic rings. The first-order valence-corrected chi connectivity index (χ1v) is 8.49. The molecule has 0 bridgehead atoms. The third-order valence-corrected chi connectivity index (χ3v) is 3.67. The Balaban J connectivity index is 0.000000422. The molecule has 0 aliphatic carbocycles. The van der Waals surface area contributed by atoms with Crippen LogP contribution in [0.4, 0.5) is 5.69 Å². The molecule has 0 saturated heterocycles. The predicted octanol–water partition coefficient (Wildman–Crippen LogP) is 0.414. The molecule has 5 N–H and O–H groups in total. The first kappa shape index (κ1) is 18.3. The minimum absolute atomic E-state index is 0.404. The highest BCUT2D eigenvalue weighted by Crippen LogP contribution is 2.23. The van der Waals surface area contributed by atoms with Crippen LogP contribution in [-0.4, -0.2) is 37.7 Å². The predicted molar refractivity (Wildman–Crippen MR) is 82.7 cm³/mol. The lowest BCUT2D eigenvalue weighted by Crippen LogP contribution is -2.05. The van der Waals surface area contributed by atoms with E-state index in [4.69, 9.17) is 28.4 Å². The van der Waals surface area contributed by atoms with Gasteiger partial charge in [-0.25, -0.2) is 8.42 Å². The molecule has 1 unspecified atom stereocenters. The number of fused-ring (bicyclic) bond motifs is 1. The summed E-state index contributed by atoms with van der Waals surface area (Å²) in [6.07, 6.45) is 0. The lowest BCUT2D eigenvalue weighted by molar-refractivity contribution is 0.293. The summed E-state index contributed by atoms with van der Waals surface area (Å²) in [4.78, 5) is 0. The van der Waals surface area contributed by atoms with Crippen molar-refractivity contribution in [2.75, 3.05) is 12.3 Å². The topological polar surface area (TPSA) is 155 Å². The number of nitrogens with two attached hydrogens (primary N) is 1. The smallest absolute Gasteiger partial charge is 0.394 e.